The number of thioether (sulfide) groups is 1. The van der Waals surface area contributed by atoms with Gasteiger partial charge >= 0.3 is 0 Å². The zero-order valence-corrected chi connectivity index (χ0v) is 5.47. The van der Waals surface area contributed by atoms with Gasteiger partial charge in [0.2, 0.25) is 0 Å². The van der Waals surface area contributed by atoms with Crippen molar-refractivity contribution < 1.29 is 0 Å². The Hall–Kier alpha value is -0.0200. The maximum atomic E-state index is 3.77. The molecule has 0 atom stereocenters. The van der Waals surface area contributed by atoms with Crippen molar-refractivity contribution in [3.8, 4) is 0 Å². The molecule has 0 aliphatic carbocycles. The molecule has 1 radical (unpaired) electrons. The van der Waals surface area contributed by atoms with Crippen molar-refractivity contribution in [1.29, 1.82) is 0 Å². The third kappa shape index (κ3) is 1.17. The number of nitrogens with zero attached hydrogens (tertiary/aromatic N) is 1. The smallest absolute Gasteiger partial charge is 0.153 e. The van der Waals surface area contributed by atoms with Crippen molar-refractivity contribution >= 4 is 23.1 Å². The lowest BCUT2D eigenvalue weighted by Crippen LogP contribution is -1.50. The first-order valence-electron chi connectivity index (χ1n) is 1.79. The van der Waals surface area contributed by atoms with Gasteiger partial charge in [-0.3, -0.25) is 0 Å². The molecule has 0 saturated carbocycles. The highest BCUT2D eigenvalue weighted by molar-refractivity contribution is 8.00. The lowest BCUT2D eigenvalue weighted by molar-refractivity contribution is 1.37. The second kappa shape index (κ2) is 2.33. The standard InChI is InChI=1S/C4H4NS2/c1-6-4-2-5-3-7-4/h2H,1H3. The first-order chi connectivity index (χ1) is 3.43. The highest BCUT2D eigenvalue weighted by Crippen LogP contribution is 2.16. The van der Waals surface area contributed by atoms with Crippen molar-refractivity contribution in [1.82, 2.24) is 4.98 Å². The fraction of sp³-hybridized carbons (Fsp3) is 0.250. The van der Waals surface area contributed by atoms with Crippen LogP contribution in [0.15, 0.2) is 10.4 Å². The summed E-state index contributed by atoms with van der Waals surface area (Å²) in [5.74, 6) is 0. The van der Waals surface area contributed by atoms with E-state index in [9.17, 15) is 0 Å². The molecule has 1 heterocycles. The monoisotopic (exact) mass is 130 g/mol. The van der Waals surface area contributed by atoms with Crippen LogP contribution in [-0.4, -0.2) is 11.2 Å². The molecule has 0 amide bonds. The van der Waals surface area contributed by atoms with Crippen molar-refractivity contribution in [2.24, 2.45) is 0 Å². The van der Waals surface area contributed by atoms with Gasteiger partial charge in [0, 0.05) is 0 Å². The van der Waals surface area contributed by atoms with Crippen molar-refractivity contribution in [3.63, 3.8) is 0 Å². The molecule has 1 aromatic rings. The van der Waals surface area contributed by atoms with E-state index >= 15 is 0 Å². The summed E-state index contributed by atoms with van der Waals surface area (Å²) in [4.78, 5) is 3.77. The van der Waals surface area contributed by atoms with E-state index in [4.69, 9.17) is 0 Å². The fourth-order valence-electron chi connectivity index (χ4n) is 0.271. The topological polar surface area (TPSA) is 12.9 Å². The zero-order valence-electron chi connectivity index (χ0n) is 3.84. The van der Waals surface area contributed by atoms with Crippen molar-refractivity contribution in [2.75, 3.05) is 6.26 Å². The highest BCUT2D eigenvalue weighted by atomic mass is 32.2. The van der Waals surface area contributed by atoms with E-state index in [0.29, 0.717) is 0 Å². The van der Waals surface area contributed by atoms with Gasteiger partial charge in [0.05, 0.1) is 10.4 Å². The molecule has 0 aliphatic rings. The molecule has 0 N–H and O–H groups in total. The SMILES string of the molecule is CSc1cn[c]s1. The molecule has 0 aromatic carbocycles. The molecule has 1 rings (SSSR count). The lowest BCUT2D eigenvalue weighted by Gasteiger charge is -1.76. The average molecular weight is 130 g/mol. The predicted molar refractivity (Wildman–Crippen MR) is 32.7 cm³/mol. The van der Waals surface area contributed by atoms with Gasteiger partial charge in [-0.15, -0.1) is 23.1 Å². The Balaban J connectivity index is 2.76. The molecule has 7 heavy (non-hydrogen) atoms. The summed E-state index contributed by atoms with van der Waals surface area (Å²) < 4.78 is 1.22. The molecular formula is C4H4NS2. The fourth-order valence-corrected chi connectivity index (χ4v) is 1.18. The normalized spacial score (nSPS) is 9.29. The maximum Gasteiger partial charge on any atom is 0.153 e. The Kier molecular flexibility index (Phi) is 1.70. The van der Waals surface area contributed by atoms with Gasteiger partial charge in [0.15, 0.2) is 5.51 Å². The minimum atomic E-state index is 1.22. The number of hydrogen-bond acceptors (Lipinski definition) is 3. The van der Waals surface area contributed by atoms with E-state index in [1.807, 2.05) is 12.5 Å². The van der Waals surface area contributed by atoms with Crippen LogP contribution >= 0.6 is 23.1 Å². The quantitative estimate of drug-likeness (QED) is 0.536. The summed E-state index contributed by atoms with van der Waals surface area (Å²) in [5, 5.41) is 0. The third-order valence-corrected chi connectivity index (χ3v) is 2.33. The summed E-state index contributed by atoms with van der Waals surface area (Å²) >= 11 is 3.25. The number of rotatable bonds is 1. The van der Waals surface area contributed by atoms with Crippen LogP contribution in [-0.2, 0) is 0 Å². The Morgan fingerprint density at radius 3 is 3.14 bits per heavy atom. The summed E-state index contributed by atoms with van der Waals surface area (Å²) in [6.45, 7) is 0. The molecule has 0 saturated heterocycles. The molecule has 1 nitrogen and oxygen atoms in total. The molecule has 1 aromatic heterocycles. The largest absolute Gasteiger partial charge is 0.241 e. The van der Waals surface area contributed by atoms with Crippen LogP contribution in [0.5, 0.6) is 0 Å². The third-order valence-electron chi connectivity index (χ3n) is 0.570. The van der Waals surface area contributed by atoms with Crippen molar-refractivity contribution in [3.05, 3.63) is 11.7 Å². The molecule has 0 unspecified atom stereocenters. The van der Waals surface area contributed by atoms with Gasteiger partial charge in [-0.25, -0.2) is 4.98 Å². The van der Waals surface area contributed by atoms with Crippen LogP contribution in [0.1, 0.15) is 0 Å². The molecule has 0 spiro atoms. The van der Waals surface area contributed by atoms with E-state index in [1.165, 1.54) is 4.21 Å². The molecular weight excluding hydrogens is 126 g/mol. The first-order valence-corrected chi connectivity index (χ1v) is 3.83. The number of aromatic nitrogens is 1. The van der Waals surface area contributed by atoms with E-state index in [2.05, 4.69) is 10.5 Å². The van der Waals surface area contributed by atoms with E-state index in [-0.39, 0.29) is 0 Å². The second-order valence-corrected chi connectivity index (χ2v) is 2.91. The predicted octanol–water partition coefficient (Wildman–Crippen LogP) is 1.67. The van der Waals surface area contributed by atoms with Gasteiger partial charge in [0.1, 0.15) is 0 Å². The molecule has 3 heteroatoms. The van der Waals surface area contributed by atoms with Gasteiger partial charge in [-0.05, 0) is 6.26 Å². The van der Waals surface area contributed by atoms with Crippen molar-refractivity contribution in [2.45, 2.75) is 4.21 Å². The molecule has 0 aliphatic heterocycles. The Labute approximate surface area is 50.8 Å². The Morgan fingerprint density at radius 2 is 2.86 bits per heavy atom. The van der Waals surface area contributed by atoms with E-state index in [1.54, 1.807) is 23.1 Å². The molecule has 0 fully saturated rings. The van der Waals surface area contributed by atoms with Crippen LogP contribution in [0.4, 0.5) is 0 Å². The van der Waals surface area contributed by atoms with E-state index < -0.39 is 0 Å². The molecule has 37 valence electrons. The minimum Gasteiger partial charge on any atom is -0.241 e. The summed E-state index contributed by atoms with van der Waals surface area (Å²) in [6, 6.07) is 0. The zero-order chi connectivity index (χ0) is 5.11. The summed E-state index contributed by atoms with van der Waals surface area (Å²) in [5.41, 5.74) is 2.75. The minimum absolute atomic E-state index is 1.22. The van der Waals surface area contributed by atoms with Crippen LogP contribution in [0.3, 0.4) is 0 Å². The van der Waals surface area contributed by atoms with Crippen LogP contribution in [0.2, 0.25) is 0 Å². The van der Waals surface area contributed by atoms with Gasteiger partial charge in [-0.2, -0.15) is 0 Å². The highest BCUT2D eigenvalue weighted by Gasteiger charge is 1.85. The van der Waals surface area contributed by atoms with Crippen LogP contribution < -0.4 is 0 Å². The van der Waals surface area contributed by atoms with E-state index in [0.717, 1.165) is 0 Å². The Bertz CT molecular complexity index is 124. The van der Waals surface area contributed by atoms with Crippen LogP contribution in [0, 0.1) is 5.51 Å². The summed E-state index contributed by atoms with van der Waals surface area (Å²) in [6.07, 6.45) is 3.84. The van der Waals surface area contributed by atoms with Gasteiger partial charge in [0.25, 0.3) is 0 Å². The van der Waals surface area contributed by atoms with Gasteiger partial charge < -0.3 is 0 Å². The van der Waals surface area contributed by atoms with Gasteiger partial charge in [-0.1, -0.05) is 0 Å². The maximum absolute atomic E-state index is 3.77. The second-order valence-electron chi connectivity index (χ2n) is 0.975. The molecule has 0 bridgehead atoms. The lowest BCUT2D eigenvalue weighted by atomic mass is 11.0. The average Bonchev–Trinajstić information content (AvgIpc) is 2.14. The Morgan fingerprint density at radius 1 is 2.00 bits per heavy atom. The number of thiazole rings is 1. The summed E-state index contributed by atoms with van der Waals surface area (Å²) in [7, 11) is 0. The first kappa shape index (κ1) is 5.12. The van der Waals surface area contributed by atoms with Crippen LogP contribution in [0.25, 0.3) is 0 Å². The number of hydrogen-bond donors (Lipinski definition) is 0.